The first-order chi connectivity index (χ1) is 8.36. The van der Waals surface area contributed by atoms with Gasteiger partial charge in [-0.2, -0.15) is 0 Å². The van der Waals surface area contributed by atoms with Crippen LogP contribution in [0.2, 0.25) is 0 Å². The van der Waals surface area contributed by atoms with Gasteiger partial charge in [0.1, 0.15) is 0 Å². The van der Waals surface area contributed by atoms with Crippen molar-refractivity contribution in [1.82, 2.24) is 19.6 Å². The lowest BCUT2D eigenvalue weighted by Gasteiger charge is -1.94. The Kier molecular flexibility index (Phi) is 2.31. The summed E-state index contributed by atoms with van der Waals surface area (Å²) in [5.74, 6) is 0.696. The molecule has 0 aliphatic heterocycles. The number of nitrogens with zero attached hydrogens (tertiary/aromatic N) is 4. The third-order valence-corrected chi connectivity index (χ3v) is 2.58. The Morgan fingerprint density at radius 1 is 1.18 bits per heavy atom. The van der Waals surface area contributed by atoms with Gasteiger partial charge in [-0.05, 0) is 29.8 Å². The lowest BCUT2D eigenvalue weighted by Crippen LogP contribution is -1.97. The molecule has 3 aromatic rings. The van der Waals surface area contributed by atoms with Gasteiger partial charge in [-0.3, -0.25) is 4.98 Å². The summed E-state index contributed by atoms with van der Waals surface area (Å²) in [5, 5.41) is 4.40. The second-order valence-corrected chi connectivity index (χ2v) is 3.71. The highest BCUT2D eigenvalue weighted by atomic mass is 15.3. The maximum atomic E-state index is 5.59. The summed E-state index contributed by atoms with van der Waals surface area (Å²) in [4.78, 5) is 8.43. The molecule has 0 aliphatic carbocycles. The molecule has 3 rings (SSSR count). The lowest BCUT2D eigenvalue weighted by atomic mass is 10.2. The van der Waals surface area contributed by atoms with Gasteiger partial charge in [0.2, 0.25) is 0 Å². The Morgan fingerprint density at radius 2 is 2.00 bits per heavy atom. The fourth-order valence-corrected chi connectivity index (χ4v) is 1.67. The van der Waals surface area contributed by atoms with Crippen LogP contribution in [0.15, 0.2) is 42.9 Å². The van der Waals surface area contributed by atoms with Crippen LogP contribution < -0.4 is 5.73 Å². The van der Waals surface area contributed by atoms with E-state index in [1.165, 1.54) is 0 Å². The largest absolute Gasteiger partial charge is 0.326 e. The number of nitrogens with two attached hydrogens (primary N) is 1. The molecule has 0 aliphatic rings. The van der Waals surface area contributed by atoms with Crippen LogP contribution in [0, 0.1) is 0 Å². The summed E-state index contributed by atoms with van der Waals surface area (Å²) in [6.07, 6.45) is 5.33. The van der Waals surface area contributed by atoms with Crippen LogP contribution in [0.3, 0.4) is 0 Å². The zero-order valence-corrected chi connectivity index (χ0v) is 9.11. The zero-order chi connectivity index (χ0) is 11.7. The molecule has 0 saturated carbocycles. The van der Waals surface area contributed by atoms with Gasteiger partial charge in [0, 0.05) is 30.7 Å². The molecule has 0 amide bonds. The molecule has 0 saturated heterocycles. The molecule has 84 valence electrons. The van der Waals surface area contributed by atoms with E-state index in [1.807, 2.05) is 30.5 Å². The van der Waals surface area contributed by atoms with Gasteiger partial charge < -0.3 is 5.73 Å². The van der Waals surface area contributed by atoms with Crippen LogP contribution in [0.1, 0.15) is 5.56 Å². The summed E-state index contributed by atoms with van der Waals surface area (Å²) in [5.41, 5.74) is 8.40. The highest BCUT2D eigenvalue weighted by molar-refractivity contribution is 5.57. The van der Waals surface area contributed by atoms with Crippen molar-refractivity contribution in [3.8, 4) is 11.4 Å². The molecule has 0 unspecified atom stereocenters. The van der Waals surface area contributed by atoms with E-state index in [1.54, 1.807) is 16.9 Å². The summed E-state index contributed by atoms with van der Waals surface area (Å²) < 4.78 is 1.74. The quantitative estimate of drug-likeness (QED) is 0.712. The van der Waals surface area contributed by atoms with E-state index in [0.717, 1.165) is 16.8 Å². The summed E-state index contributed by atoms with van der Waals surface area (Å²) in [6.45, 7) is 0.508. The van der Waals surface area contributed by atoms with Crippen LogP contribution in [0.5, 0.6) is 0 Å². The van der Waals surface area contributed by atoms with Gasteiger partial charge in [-0.1, -0.05) is 0 Å². The minimum Gasteiger partial charge on any atom is -0.326 e. The molecular formula is C12H11N5. The van der Waals surface area contributed by atoms with Gasteiger partial charge in [-0.25, -0.2) is 9.50 Å². The summed E-state index contributed by atoms with van der Waals surface area (Å²) in [6, 6.07) is 7.66. The number of rotatable bonds is 2. The molecule has 2 N–H and O–H groups in total. The third-order valence-electron chi connectivity index (χ3n) is 2.58. The van der Waals surface area contributed by atoms with Crippen LogP contribution in [0.25, 0.3) is 17.0 Å². The fourth-order valence-electron chi connectivity index (χ4n) is 1.67. The Morgan fingerprint density at radius 3 is 2.76 bits per heavy atom. The molecule has 0 atom stereocenters. The van der Waals surface area contributed by atoms with Gasteiger partial charge in [0.15, 0.2) is 11.5 Å². The molecule has 5 nitrogen and oxygen atoms in total. The molecule has 0 radical (unpaired) electrons. The Labute approximate surface area is 97.9 Å². The molecule has 17 heavy (non-hydrogen) atoms. The molecule has 0 fully saturated rings. The molecular weight excluding hydrogens is 214 g/mol. The topological polar surface area (TPSA) is 69.1 Å². The number of pyridine rings is 2. The minimum absolute atomic E-state index is 0.508. The number of hydrogen-bond donors (Lipinski definition) is 1. The standard InChI is InChI=1S/C12H11N5/c13-8-9-3-6-17-11(7-9)15-12(16-17)10-1-4-14-5-2-10/h1-7H,8,13H2. The van der Waals surface area contributed by atoms with Crippen molar-refractivity contribution in [2.24, 2.45) is 5.73 Å². The fraction of sp³-hybridized carbons (Fsp3) is 0.0833. The Balaban J connectivity index is 2.14. The SMILES string of the molecule is NCc1ccn2nc(-c3ccncc3)nc2c1. The maximum absolute atomic E-state index is 5.59. The lowest BCUT2D eigenvalue weighted by molar-refractivity contribution is 0.950. The van der Waals surface area contributed by atoms with Crippen LogP contribution in [-0.2, 0) is 6.54 Å². The second kappa shape index (κ2) is 3.95. The number of hydrogen-bond acceptors (Lipinski definition) is 4. The predicted octanol–water partition coefficient (Wildman–Crippen LogP) is 1.25. The molecule has 0 aromatic carbocycles. The van der Waals surface area contributed by atoms with Gasteiger partial charge in [0.05, 0.1) is 0 Å². The minimum atomic E-state index is 0.508. The average molecular weight is 225 g/mol. The first-order valence-corrected chi connectivity index (χ1v) is 5.32. The van der Waals surface area contributed by atoms with Crippen LogP contribution in [0.4, 0.5) is 0 Å². The highest BCUT2D eigenvalue weighted by Crippen LogP contribution is 2.15. The van der Waals surface area contributed by atoms with Crippen molar-refractivity contribution >= 4 is 5.65 Å². The van der Waals surface area contributed by atoms with Crippen molar-refractivity contribution in [3.05, 3.63) is 48.4 Å². The van der Waals surface area contributed by atoms with Crippen LogP contribution >= 0.6 is 0 Å². The normalized spacial score (nSPS) is 10.9. The first kappa shape index (κ1) is 9.92. The highest BCUT2D eigenvalue weighted by Gasteiger charge is 2.05. The van der Waals surface area contributed by atoms with E-state index in [4.69, 9.17) is 5.73 Å². The van der Waals surface area contributed by atoms with E-state index in [2.05, 4.69) is 15.1 Å². The smallest absolute Gasteiger partial charge is 0.182 e. The second-order valence-electron chi connectivity index (χ2n) is 3.71. The van der Waals surface area contributed by atoms with Crippen molar-refractivity contribution in [1.29, 1.82) is 0 Å². The van der Waals surface area contributed by atoms with Gasteiger partial charge in [-0.15, -0.1) is 5.10 Å². The van der Waals surface area contributed by atoms with Crippen molar-refractivity contribution in [2.45, 2.75) is 6.54 Å². The van der Waals surface area contributed by atoms with Crippen molar-refractivity contribution in [2.75, 3.05) is 0 Å². The van der Waals surface area contributed by atoms with Gasteiger partial charge in [0.25, 0.3) is 0 Å². The predicted molar refractivity (Wildman–Crippen MR) is 64.1 cm³/mol. The monoisotopic (exact) mass is 225 g/mol. The van der Waals surface area contributed by atoms with Crippen molar-refractivity contribution < 1.29 is 0 Å². The zero-order valence-electron chi connectivity index (χ0n) is 9.11. The Hall–Kier alpha value is -2.27. The van der Waals surface area contributed by atoms with Crippen molar-refractivity contribution in [3.63, 3.8) is 0 Å². The van der Waals surface area contributed by atoms with Crippen LogP contribution in [-0.4, -0.2) is 19.6 Å². The summed E-state index contributed by atoms with van der Waals surface area (Å²) >= 11 is 0. The molecule has 3 aromatic heterocycles. The van der Waals surface area contributed by atoms with E-state index in [-0.39, 0.29) is 0 Å². The number of aromatic nitrogens is 4. The van der Waals surface area contributed by atoms with E-state index in [0.29, 0.717) is 12.4 Å². The third kappa shape index (κ3) is 1.76. The van der Waals surface area contributed by atoms with E-state index >= 15 is 0 Å². The molecule has 0 bridgehead atoms. The van der Waals surface area contributed by atoms with E-state index in [9.17, 15) is 0 Å². The van der Waals surface area contributed by atoms with E-state index < -0.39 is 0 Å². The average Bonchev–Trinajstić information content (AvgIpc) is 2.82. The molecule has 0 spiro atoms. The first-order valence-electron chi connectivity index (χ1n) is 5.32. The maximum Gasteiger partial charge on any atom is 0.182 e. The molecule has 5 heteroatoms. The number of fused-ring (bicyclic) bond motifs is 1. The summed E-state index contributed by atoms with van der Waals surface area (Å²) in [7, 11) is 0. The van der Waals surface area contributed by atoms with Gasteiger partial charge >= 0.3 is 0 Å². The molecule has 3 heterocycles. The Bertz CT molecular complexity index is 644.